The molecule has 1 aromatic heterocycles. The monoisotopic (exact) mass is 466 g/mol. The first kappa shape index (κ1) is 22.8. The molecule has 176 valence electrons. The first-order valence-corrected chi connectivity index (χ1v) is 10.6. The van der Waals surface area contributed by atoms with Gasteiger partial charge in [-0.05, 0) is 37.0 Å². The van der Waals surface area contributed by atoms with E-state index in [0.29, 0.717) is 18.7 Å². The first-order valence-electron chi connectivity index (χ1n) is 10.6. The molecule has 1 saturated carbocycles. The molecule has 0 unspecified atom stereocenters. The molecule has 2 atom stereocenters. The highest BCUT2D eigenvalue weighted by Gasteiger charge is 2.30. The lowest BCUT2D eigenvalue weighted by Crippen LogP contribution is -2.18. The van der Waals surface area contributed by atoms with Crippen molar-refractivity contribution in [2.45, 2.75) is 37.9 Å². The molecule has 4 rings (SSSR count). The number of H-pyrrole nitrogens is 1. The van der Waals surface area contributed by atoms with Crippen LogP contribution in [-0.4, -0.2) is 33.5 Å². The Kier molecular flexibility index (Phi) is 7.01. The summed E-state index contributed by atoms with van der Waals surface area (Å²) in [4.78, 5) is 34.2. The quantitative estimate of drug-likeness (QED) is 0.216. The maximum atomic E-state index is 12.1. The highest BCUT2D eigenvalue weighted by atomic mass is 16.7. The van der Waals surface area contributed by atoms with Crippen LogP contribution >= 0.6 is 0 Å². The van der Waals surface area contributed by atoms with Gasteiger partial charge in [0.15, 0.2) is 5.82 Å². The zero-order valence-electron chi connectivity index (χ0n) is 18.0. The number of nitrogens with one attached hydrogen (secondary N) is 2. The number of carbonyl (C=O) groups excluding carboxylic acids is 2. The molecule has 0 bridgehead atoms. The molecule has 0 saturated heterocycles. The number of carbonyl (C=O) groups is 2. The number of rotatable bonds is 7. The van der Waals surface area contributed by atoms with E-state index in [-0.39, 0.29) is 30.1 Å². The van der Waals surface area contributed by atoms with Crippen molar-refractivity contribution >= 4 is 23.8 Å². The second-order valence-electron chi connectivity index (χ2n) is 7.75. The summed E-state index contributed by atoms with van der Waals surface area (Å²) in [6.07, 6.45) is 0.147. The second-order valence-corrected chi connectivity index (χ2v) is 7.75. The van der Waals surface area contributed by atoms with Gasteiger partial charge in [-0.3, -0.25) is 20.5 Å². The van der Waals surface area contributed by atoms with Crippen LogP contribution in [0, 0.1) is 10.1 Å². The van der Waals surface area contributed by atoms with E-state index in [0.717, 1.165) is 17.7 Å². The lowest BCUT2D eigenvalue weighted by atomic mass is 10.0. The zero-order chi connectivity index (χ0) is 23.9. The molecule has 1 heterocycles. The van der Waals surface area contributed by atoms with E-state index >= 15 is 0 Å². The van der Waals surface area contributed by atoms with Crippen LogP contribution in [0.2, 0.25) is 0 Å². The van der Waals surface area contributed by atoms with E-state index in [1.807, 2.05) is 30.3 Å². The summed E-state index contributed by atoms with van der Waals surface area (Å²) in [5, 5.41) is 20.3. The number of amides is 1. The largest absolute Gasteiger partial charge is 0.514 e. The number of benzene rings is 2. The van der Waals surface area contributed by atoms with Crippen molar-refractivity contribution in [2.24, 2.45) is 0 Å². The van der Waals surface area contributed by atoms with E-state index in [1.165, 1.54) is 24.3 Å². The first-order chi connectivity index (χ1) is 16.5. The molecule has 0 radical (unpaired) electrons. The number of nitro benzene ring substituents is 1. The summed E-state index contributed by atoms with van der Waals surface area (Å²) in [6, 6.07) is 16.2. The topological polar surface area (TPSA) is 146 Å². The third-order valence-corrected chi connectivity index (χ3v) is 5.38. The van der Waals surface area contributed by atoms with Crippen LogP contribution in [-0.2, 0) is 16.1 Å². The van der Waals surface area contributed by atoms with Gasteiger partial charge in [-0.1, -0.05) is 30.3 Å². The Bertz CT molecular complexity index is 1150. The van der Waals surface area contributed by atoms with Gasteiger partial charge >= 0.3 is 12.2 Å². The van der Waals surface area contributed by atoms with Crippen LogP contribution in [0.3, 0.4) is 0 Å². The van der Waals surface area contributed by atoms with Crippen LogP contribution in [0.4, 0.5) is 21.1 Å². The molecule has 2 aromatic carbocycles. The number of ether oxygens (including phenoxy) is 3. The Morgan fingerprint density at radius 1 is 1.12 bits per heavy atom. The average molecular weight is 466 g/mol. The summed E-state index contributed by atoms with van der Waals surface area (Å²) in [6.45, 7) is 0.154. The fourth-order valence-electron chi connectivity index (χ4n) is 3.70. The molecule has 2 N–H and O–H groups in total. The Balaban J connectivity index is 1.22. The minimum absolute atomic E-state index is 0.0700. The fraction of sp³-hybridized carbons (Fsp3) is 0.261. The predicted octanol–water partition coefficient (Wildman–Crippen LogP) is 4.92. The van der Waals surface area contributed by atoms with E-state index in [2.05, 4.69) is 15.5 Å². The number of aromatic nitrogens is 2. The molecule has 1 amide bonds. The standard InChI is InChI=1S/C23H22N4O7/c28-22(32-14-15-4-2-1-3-5-15)24-21-13-20(25-26-21)16-6-9-19(12-16)34-23(29)33-18-10-7-17(8-11-18)27(30)31/h1-5,7-8,10-11,13,16,19H,6,9,12,14H2,(H2,24,25,26,28)/t16-,19+/m1/s1. The highest BCUT2D eigenvalue weighted by Crippen LogP contribution is 2.36. The van der Waals surface area contributed by atoms with Crippen LogP contribution in [0.1, 0.15) is 36.4 Å². The molecule has 1 fully saturated rings. The minimum atomic E-state index is -0.868. The van der Waals surface area contributed by atoms with E-state index in [9.17, 15) is 19.7 Å². The summed E-state index contributed by atoms with van der Waals surface area (Å²) in [5.74, 6) is 0.573. The van der Waals surface area contributed by atoms with Crippen molar-refractivity contribution in [2.75, 3.05) is 5.32 Å². The summed E-state index contributed by atoms with van der Waals surface area (Å²) in [5.41, 5.74) is 1.59. The molecule has 11 nitrogen and oxygen atoms in total. The average Bonchev–Trinajstić information content (AvgIpc) is 3.48. The van der Waals surface area contributed by atoms with E-state index in [1.54, 1.807) is 6.07 Å². The van der Waals surface area contributed by atoms with E-state index in [4.69, 9.17) is 14.2 Å². The van der Waals surface area contributed by atoms with Crippen LogP contribution < -0.4 is 10.1 Å². The zero-order valence-corrected chi connectivity index (χ0v) is 18.0. The highest BCUT2D eigenvalue weighted by molar-refractivity contribution is 5.83. The Morgan fingerprint density at radius 3 is 2.62 bits per heavy atom. The summed E-state index contributed by atoms with van der Waals surface area (Å²) in [7, 11) is 0. The van der Waals surface area contributed by atoms with Gasteiger partial charge in [0.1, 0.15) is 18.5 Å². The smallest absolute Gasteiger partial charge is 0.444 e. The van der Waals surface area contributed by atoms with Gasteiger partial charge in [0.05, 0.1) is 4.92 Å². The number of aromatic amines is 1. The predicted molar refractivity (Wildman–Crippen MR) is 119 cm³/mol. The van der Waals surface area contributed by atoms with Gasteiger partial charge < -0.3 is 14.2 Å². The van der Waals surface area contributed by atoms with Gasteiger partial charge in [-0.25, -0.2) is 9.59 Å². The second kappa shape index (κ2) is 10.5. The Hall–Kier alpha value is -4.41. The number of nitrogens with zero attached hydrogens (tertiary/aromatic N) is 2. The molecule has 0 aliphatic heterocycles. The SMILES string of the molecule is O=C(Nc1cc([C@@H]2CC[C@H](OC(=O)Oc3ccc([N+](=O)[O-])cc3)C2)[nH]n1)OCc1ccccc1. The van der Waals surface area contributed by atoms with Crippen LogP contribution in [0.15, 0.2) is 60.7 Å². The van der Waals surface area contributed by atoms with Crippen molar-refractivity contribution in [3.63, 3.8) is 0 Å². The molecule has 11 heteroatoms. The Morgan fingerprint density at radius 2 is 1.88 bits per heavy atom. The number of anilines is 1. The third kappa shape index (κ3) is 6.09. The molecular weight excluding hydrogens is 444 g/mol. The van der Waals surface area contributed by atoms with Gasteiger partial charge in [0, 0.05) is 29.8 Å². The molecule has 34 heavy (non-hydrogen) atoms. The van der Waals surface area contributed by atoms with Crippen molar-refractivity contribution in [3.8, 4) is 5.75 Å². The van der Waals surface area contributed by atoms with Crippen molar-refractivity contribution in [1.29, 1.82) is 0 Å². The lowest BCUT2D eigenvalue weighted by Gasteiger charge is -2.12. The maximum absolute atomic E-state index is 12.1. The van der Waals surface area contributed by atoms with Crippen molar-refractivity contribution < 1.29 is 28.7 Å². The Labute approximate surface area is 194 Å². The summed E-state index contributed by atoms with van der Waals surface area (Å²) < 4.78 is 15.6. The van der Waals surface area contributed by atoms with Gasteiger partial charge in [0.25, 0.3) is 5.69 Å². The molecule has 1 aliphatic carbocycles. The van der Waals surface area contributed by atoms with E-state index < -0.39 is 17.2 Å². The van der Waals surface area contributed by atoms with Crippen LogP contribution in [0.5, 0.6) is 5.75 Å². The minimum Gasteiger partial charge on any atom is -0.444 e. The maximum Gasteiger partial charge on any atom is 0.514 e. The molecule has 3 aromatic rings. The number of non-ortho nitro benzene ring substituents is 1. The number of hydrogen-bond acceptors (Lipinski definition) is 8. The van der Waals surface area contributed by atoms with Gasteiger partial charge in [0.2, 0.25) is 0 Å². The van der Waals surface area contributed by atoms with Crippen molar-refractivity contribution in [1.82, 2.24) is 10.2 Å². The normalized spacial score (nSPS) is 17.1. The van der Waals surface area contributed by atoms with Crippen molar-refractivity contribution in [3.05, 3.63) is 82.0 Å². The third-order valence-electron chi connectivity index (χ3n) is 5.38. The fourth-order valence-corrected chi connectivity index (χ4v) is 3.70. The number of hydrogen-bond donors (Lipinski definition) is 2. The lowest BCUT2D eigenvalue weighted by molar-refractivity contribution is -0.384. The summed E-state index contributed by atoms with van der Waals surface area (Å²) >= 11 is 0. The van der Waals surface area contributed by atoms with Gasteiger partial charge in [-0.15, -0.1) is 0 Å². The van der Waals surface area contributed by atoms with Gasteiger partial charge in [-0.2, -0.15) is 5.10 Å². The molecule has 0 spiro atoms. The number of nitro groups is 1. The molecular formula is C23H22N4O7. The van der Waals surface area contributed by atoms with Crippen LogP contribution in [0.25, 0.3) is 0 Å². The molecule has 1 aliphatic rings.